The molecule has 2 aliphatic heterocycles. The van der Waals surface area contributed by atoms with Crippen molar-refractivity contribution in [1.82, 2.24) is 14.8 Å². The van der Waals surface area contributed by atoms with E-state index in [1.54, 1.807) is 11.3 Å². The Morgan fingerprint density at radius 2 is 2.44 bits per heavy atom. The van der Waals surface area contributed by atoms with E-state index in [1.807, 2.05) is 23.5 Å². The molecule has 0 spiro atoms. The van der Waals surface area contributed by atoms with E-state index in [9.17, 15) is 4.79 Å². The molecule has 0 aromatic carbocycles. The molecule has 2 fully saturated rings. The fourth-order valence-electron chi connectivity index (χ4n) is 2.83. The van der Waals surface area contributed by atoms with Gasteiger partial charge >= 0.3 is 0 Å². The minimum Gasteiger partial charge on any atom is -0.341 e. The van der Waals surface area contributed by atoms with Crippen molar-refractivity contribution in [3.05, 3.63) is 16.6 Å². The average molecular weight is 237 g/mol. The van der Waals surface area contributed by atoms with E-state index >= 15 is 0 Å². The van der Waals surface area contributed by atoms with E-state index in [4.69, 9.17) is 0 Å². The number of rotatable bonds is 2. The number of likely N-dealkylation sites (tertiary alicyclic amines) is 2. The van der Waals surface area contributed by atoms with Gasteiger partial charge in [0, 0.05) is 43.7 Å². The van der Waals surface area contributed by atoms with Crippen molar-refractivity contribution in [3.8, 4) is 0 Å². The molecule has 0 unspecified atom stereocenters. The van der Waals surface area contributed by atoms with E-state index in [0.717, 1.165) is 24.5 Å². The molecule has 1 aromatic rings. The second kappa shape index (κ2) is 3.82. The lowest BCUT2D eigenvalue weighted by Gasteiger charge is -2.22. The smallest absolute Gasteiger partial charge is 0.224 e. The van der Waals surface area contributed by atoms with Gasteiger partial charge in [-0.1, -0.05) is 0 Å². The van der Waals surface area contributed by atoms with Crippen LogP contribution >= 0.6 is 11.3 Å². The third kappa shape index (κ3) is 1.55. The van der Waals surface area contributed by atoms with Gasteiger partial charge < -0.3 is 4.90 Å². The van der Waals surface area contributed by atoms with Crippen molar-refractivity contribution in [2.24, 2.45) is 0 Å². The van der Waals surface area contributed by atoms with E-state index in [2.05, 4.69) is 9.88 Å². The molecule has 0 N–H and O–H groups in total. The Morgan fingerprint density at radius 3 is 3.19 bits per heavy atom. The first-order valence-electron chi connectivity index (χ1n) is 5.64. The van der Waals surface area contributed by atoms with E-state index < -0.39 is 0 Å². The highest BCUT2D eigenvalue weighted by molar-refractivity contribution is 7.09. The summed E-state index contributed by atoms with van der Waals surface area (Å²) >= 11 is 1.69. The Hall–Kier alpha value is -0.940. The topological polar surface area (TPSA) is 36.4 Å². The number of fused-ring (bicyclic) bond motifs is 1. The first-order chi connectivity index (χ1) is 7.75. The van der Waals surface area contributed by atoms with Gasteiger partial charge in [0.1, 0.15) is 5.01 Å². The second-order valence-corrected chi connectivity index (χ2v) is 5.51. The van der Waals surface area contributed by atoms with Crippen LogP contribution in [0, 0.1) is 0 Å². The van der Waals surface area contributed by atoms with Crippen LogP contribution < -0.4 is 0 Å². The lowest BCUT2D eigenvalue weighted by Crippen LogP contribution is -2.34. The van der Waals surface area contributed by atoms with Gasteiger partial charge in [0.2, 0.25) is 5.91 Å². The average Bonchev–Trinajstić information content (AvgIpc) is 2.93. The molecule has 16 heavy (non-hydrogen) atoms. The number of nitrogens with zero attached hydrogens (tertiary/aromatic N) is 3. The quantitative estimate of drug-likeness (QED) is 0.768. The van der Waals surface area contributed by atoms with Gasteiger partial charge in [-0.3, -0.25) is 9.69 Å². The van der Waals surface area contributed by atoms with E-state index in [0.29, 0.717) is 24.4 Å². The third-order valence-corrected chi connectivity index (χ3v) is 4.49. The van der Waals surface area contributed by atoms with Crippen LogP contribution in [0.2, 0.25) is 0 Å². The van der Waals surface area contributed by atoms with Gasteiger partial charge in [0.25, 0.3) is 0 Å². The summed E-state index contributed by atoms with van der Waals surface area (Å²) in [6.07, 6.45) is 3.64. The minimum atomic E-state index is 0.291. The number of aromatic nitrogens is 1. The SMILES string of the molecule is CN1C(=O)C[C@H]2[C@@H]1CCN2Cc1nccs1. The van der Waals surface area contributed by atoms with Crippen LogP contribution in [0.3, 0.4) is 0 Å². The fourth-order valence-corrected chi connectivity index (χ4v) is 3.47. The lowest BCUT2D eigenvalue weighted by atomic mass is 10.1. The zero-order valence-electron chi connectivity index (χ0n) is 9.30. The molecule has 3 rings (SSSR count). The molecule has 5 heteroatoms. The summed E-state index contributed by atoms with van der Waals surface area (Å²) < 4.78 is 0. The van der Waals surface area contributed by atoms with Crippen molar-refractivity contribution >= 4 is 17.2 Å². The number of carbonyl (C=O) groups excluding carboxylic acids is 1. The molecule has 1 amide bonds. The summed E-state index contributed by atoms with van der Waals surface area (Å²) in [5.74, 6) is 0.291. The van der Waals surface area contributed by atoms with Crippen molar-refractivity contribution in [2.75, 3.05) is 13.6 Å². The molecule has 4 nitrogen and oxygen atoms in total. The van der Waals surface area contributed by atoms with Gasteiger partial charge in [-0.2, -0.15) is 0 Å². The van der Waals surface area contributed by atoms with Crippen LogP contribution in [-0.4, -0.2) is 46.4 Å². The highest BCUT2D eigenvalue weighted by Crippen LogP contribution is 2.32. The summed E-state index contributed by atoms with van der Waals surface area (Å²) in [7, 11) is 1.93. The lowest BCUT2D eigenvalue weighted by molar-refractivity contribution is -0.127. The third-order valence-electron chi connectivity index (χ3n) is 3.72. The maximum Gasteiger partial charge on any atom is 0.224 e. The van der Waals surface area contributed by atoms with Crippen molar-refractivity contribution in [3.63, 3.8) is 0 Å². The van der Waals surface area contributed by atoms with Gasteiger partial charge in [0.05, 0.1) is 6.54 Å². The maximum absolute atomic E-state index is 11.6. The Morgan fingerprint density at radius 1 is 1.56 bits per heavy atom. The van der Waals surface area contributed by atoms with Crippen LogP contribution in [0.4, 0.5) is 0 Å². The minimum absolute atomic E-state index is 0.291. The number of amides is 1. The van der Waals surface area contributed by atoms with Crippen LogP contribution in [0.25, 0.3) is 0 Å². The van der Waals surface area contributed by atoms with Crippen molar-refractivity contribution < 1.29 is 4.79 Å². The first-order valence-corrected chi connectivity index (χ1v) is 6.52. The largest absolute Gasteiger partial charge is 0.341 e. The predicted molar refractivity (Wildman–Crippen MR) is 62.1 cm³/mol. The van der Waals surface area contributed by atoms with Gasteiger partial charge in [-0.25, -0.2) is 4.98 Å². The summed E-state index contributed by atoms with van der Waals surface area (Å²) in [5, 5.41) is 3.16. The monoisotopic (exact) mass is 237 g/mol. The number of hydrogen-bond acceptors (Lipinski definition) is 4. The summed E-state index contributed by atoms with van der Waals surface area (Å²) in [4.78, 5) is 20.3. The Balaban J connectivity index is 1.72. The number of likely N-dealkylation sites (N-methyl/N-ethyl adjacent to an activating group) is 1. The number of thiazole rings is 1. The number of hydrogen-bond donors (Lipinski definition) is 0. The highest BCUT2D eigenvalue weighted by atomic mass is 32.1. The normalized spacial score (nSPS) is 30.1. The molecule has 2 aliphatic rings. The maximum atomic E-state index is 11.6. The molecule has 0 bridgehead atoms. The Bertz CT molecular complexity index is 392. The van der Waals surface area contributed by atoms with Crippen LogP contribution in [0.1, 0.15) is 17.8 Å². The van der Waals surface area contributed by atoms with E-state index in [1.165, 1.54) is 0 Å². The van der Waals surface area contributed by atoms with Crippen LogP contribution in [-0.2, 0) is 11.3 Å². The zero-order chi connectivity index (χ0) is 11.1. The van der Waals surface area contributed by atoms with E-state index in [-0.39, 0.29) is 0 Å². The molecule has 2 saturated heterocycles. The fraction of sp³-hybridized carbons (Fsp3) is 0.636. The molecule has 0 saturated carbocycles. The molecule has 0 aliphatic carbocycles. The second-order valence-electron chi connectivity index (χ2n) is 4.53. The highest BCUT2D eigenvalue weighted by Gasteiger charge is 2.44. The van der Waals surface area contributed by atoms with Crippen LogP contribution in [0.5, 0.6) is 0 Å². The molecule has 3 heterocycles. The Kier molecular flexibility index (Phi) is 2.44. The zero-order valence-corrected chi connectivity index (χ0v) is 10.1. The summed E-state index contributed by atoms with van der Waals surface area (Å²) in [6, 6.07) is 0.855. The number of carbonyl (C=O) groups is 1. The molecular formula is C11H15N3OS. The molecule has 2 atom stereocenters. The van der Waals surface area contributed by atoms with Gasteiger partial charge in [-0.05, 0) is 6.42 Å². The molecular weight excluding hydrogens is 222 g/mol. The first kappa shape index (κ1) is 10.2. The van der Waals surface area contributed by atoms with Crippen molar-refractivity contribution in [2.45, 2.75) is 31.5 Å². The van der Waals surface area contributed by atoms with Gasteiger partial charge in [-0.15, -0.1) is 11.3 Å². The van der Waals surface area contributed by atoms with Crippen LogP contribution in [0.15, 0.2) is 11.6 Å². The molecule has 86 valence electrons. The molecule has 1 aromatic heterocycles. The standard InChI is InChI=1S/C11H15N3OS/c1-13-8-2-4-14(9(8)6-11(13)15)7-10-12-3-5-16-10/h3,5,8-9H,2,4,6-7H2,1H3/t8-,9-/m0/s1. The summed E-state index contributed by atoms with van der Waals surface area (Å²) in [6.45, 7) is 1.99. The van der Waals surface area contributed by atoms with Crippen molar-refractivity contribution in [1.29, 1.82) is 0 Å². The predicted octanol–water partition coefficient (Wildman–Crippen LogP) is 0.948. The molecule has 0 radical (unpaired) electrons. The van der Waals surface area contributed by atoms with Gasteiger partial charge in [0.15, 0.2) is 0 Å². The Labute approximate surface area is 98.9 Å². The summed E-state index contributed by atoms with van der Waals surface area (Å²) in [5.41, 5.74) is 0.